The lowest BCUT2D eigenvalue weighted by Crippen LogP contribution is -2.53. The molecular formula is C26H44ClN3O5S. The highest BCUT2D eigenvalue weighted by atomic mass is 35.5. The molecule has 206 valence electrons. The zero-order valence-corrected chi connectivity index (χ0v) is 24.3. The number of nitrogens with zero attached hydrogens (tertiary/aromatic N) is 2. The molecule has 2 saturated heterocycles. The van der Waals surface area contributed by atoms with E-state index in [2.05, 4.69) is 14.5 Å². The van der Waals surface area contributed by atoms with Crippen LogP contribution < -0.4 is 9.62 Å². The van der Waals surface area contributed by atoms with Crippen molar-refractivity contribution in [3.8, 4) is 0 Å². The van der Waals surface area contributed by atoms with Crippen LogP contribution in [-0.2, 0) is 24.2 Å². The summed E-state index contributed by atoms with van der Waals surface area (Å²) in [7, 11) is -0.355. The van der Waals surface area contributed by atoms with Crippen molar-refractivity contribution in [2.24, 2.45) is 0 Å². The van der Waals surface area contributed by atoms with Gasteiger partial charge in [0.15, 0.2) is 0 Å². The van der Waals surface area contributed by atoms with Crippen LogP contribution in [0.1, 0.15) is 53.4 Å². The van der Waals surface area contributed by atoms with Crippen LogP contribution >= 0.6 is 11.6 Å². The van der Waals surface area contributed by atoms with E-state index in [1.165, 1.54) is 0 Å². The first-order valence-corrected chi connectivity index (χ1v) is 14.7. The van der Waals surface area contributed by atoms with E-state index in [0.29, 0.717) is 42.8 Å². The van der Waals surface area contributed by atoms with Crippen LogP contribution in [0.4, 0.5) is 5.69 Å². The Bertz CT molecular complexity index is 940. The first-order chi connectivity index (χ1) is 16.9. The van der Waals surface area contributed by atoms with E-state index in [0.717, 1.165) is 39.0 Å². The monoisotopic (exact) mass is 545 g/mol. The molecule has 3 rings (SSSR count). The molecular weight excluding hydrogens is 502 g/mol. The number of methoxy groups -OCH3 is 2. The van der Waals surface area contributed by atoms with Gasteiger partial charge in [-0.15, -0.1) is 0 Å². The number of nitrogens with one attached hydrogen (secondary N) is 1. The van der Waals surface area contributed by atoms with Crippen LogP contribution in [0.2, 0.25) is 5.02 Å². The van der Waals surface area contributed by atoms with Gasteiger partial charge < -0.3 is 19.1 Å². The maximum atomic E-state index is 13.7. The molecule has 0 atom stereocenters. The third kappa shape index (κ3) is 8.03. The Labute approximate surface area is 222 Å². The van der Waals surface area contributed by atoms with Crippen molar-refractivity contribution in [3.63, 3.8) is 0 Å². The first-order valence-electron chi connectivity index (χ1n) is 12.8. The van der Waals surface area contributed by atoms with Gasteiger partial charge in [0.25, 0.3) is 0 Å². The number of benzene rings is 1. The Morgan fingerprint density at radius 3 is 2.14 bits per heavy atom. The third-order valence-electron chi connectivity index (χ3n) is 7.05. The molecule has 10 heteroatoms. The molecule has 0 spiro atoms. The predicted molar refractivity (Wildman–Crippen MR) is 145 cm³/mol. The van der Waals surface area contributed by atoms with Crippen LogP contribution in [0.15, 0.2) is 23.1 Å². The number of sulfonamides is 1. The lowest BCUT2D eigenvalue weighted by molar-refractivity contribution is -0.162. The van der Waals surface area contributed by atoms with Crippen molar-refractivity contribution in [2.45, 2.75) is 81.6 Å². The summed E-state index contributed by atoms with van der Waals surface area (Å²) in [6.45, 7) is 12.6. The van der Waals surface area contributed by atoms with Crippen molar-refractivity contribution in [1.29, 1.82) is 0 Å². The largest absolute Gasteiger partial charge is 0.383 e. The van der Waals surface area contributed by atoms with Crippen molar-refractivity contribution in [2.75, 3.05) is 58.5 Å². The molecule has 0 saturated carbocycles. The molecule has 36 heavy (non-hydrogen) atoms. The Morgan fingerprint density at radius 2 is 1.61 bits per heavy atom. The summed E-state index contributed by atoms with van der Waals surface area (Å²) >= 11 is 6.30. The van der Waals surface area contributed by atoms with Crippen LogP contribution in [0.3, 0.4) is 0 Å². The second-order valence-electron chi connectivity index (χ2n) is 11.2. The van der Waals surface area contributed by atoms with Gasteiger partial charge in [-0.05, 0) is 71.6 Å². The smallest absolute Gasteiger partial charge is 0.242 e. The first kappa shape index (κ1) is 29.6. The molecule has 0 aromatic heterocycles. The number of piperidine rings is 1. The second-order valence-corrected chi connectivity index (χ2v) is 13.3. The molecule has 0 amide bonds. The fourth-order valence-corrected chi connectivity index (χ4v) is 7.51. The second kappa shape index (κ2) is 12.3. The van der Waals surface area contributed by atoms with E-state index in [1.807, 2.05) is 33.8 Å². The topological polar surface area (TPSA) is 80.3 Å². The van der Waals surface area contributed by atoms with E-state index < -0.39 is 21.2 Å². The summed E-state index contributed by atoms with van der Waals surface area (Å²) in [6.07, 6.45) is 3.09. The Morgan fingerprint density at radius 1 is 1.06 bits per heavy atom. The van der Waals surface area contributed by atoms with Gasteiger partial charge in [0.05, 0.1) is 30.1 Å². The predicted octanol–water partition coefficient (Wildman–Crippen LogP) is 3.92. The average molecular weight is 546 g/mol. The van der Waals surface area contributed by atoms with E-state index in [1.54, 1.807) is 26.4 Å². The molecule has 1 aromatic rings. The summed E-state index contributed by atoms with van der Waals surface area (Å²) in [5.41, 5.74) is -0.118. The standard InChI is InChI=1S/C26H44ClN3O5S/c1-25(2)18-21(19-26(3,4)35-25)28-36(31,32)24-17-20(27)7-8-23(24)30-11-9-22(10-12-30)29(13-15-33-5)14-16-34-6/h7-8,17,21-22,28H,9-16,18-19H2,1-6H3. The lowest BCUT2D eigenvalue weighted by Gasteiger charge is -2.45. The lowest BCUT2D eigenvalue weighted by atomic mass is 9.86. The summed E-state index contributed by atoms with van der Waals surface area (Å²) < 4.78 is 47.1. The number of hydrogen-bond acceptors (Lipinski definition) is 7. The molecule has 2 aliphatic rings. The van der Waals surface area contributed by atoms with Crippen molar-refractivity contribution in [3.05, 3.63) is 23.2 Å². The number of rotatable bonds is 11. The molecule has 0 bridgehead atoms. The SMILES string of the molecule is COCCN(CCOC)C1CCN(c2ccc(Cl)cc2S(=O)(=O)NC2CC(C)(C)OC(C)(C)C2)CC1. The fourth-order valence-electron chi connectivity index (χ4n) is 5.79. The van der Waals surface area contributed by atoms with Crippen molar-refractivity contribution >= 4 is 27.3 Å². The summed E-state index contributed by atoms with van der Waals surface area (Å²) in [5.74, 6) is 0. The van der Waals surface area contributed by atoms with E-state index in [4.69, 9.17) is 25.8 Å². The van der Waals surface area contributed by atoms with Gasteiger partial charge in [0.2, 0.25) is 10.0 Å². The zero-order chi connectivity index (χ0) is 26.6. The van der Waals surface area contributed by atoms with Crippen molar-refractivity contribution in [1.82, 2.24) is 9.62 Å². The van der Waals surface area contributed by atoms with Crippen LogP contribution in [0.5, 0.6) is 0 Å². The van der Waals surface area contributed by atoms with Gasteiger partial charge in [-0.2, -0.15) is 0 Å². The van der Waals surface area contributed by atoms with Gasteiger partial charge in [-0.1, -0.05) is 11.6 Å². The van der Waals surface area contributed by atoms with Crippen LogP contribution in [0.25, 0.3) is 0 Å². The quantitative estimate of drug-likeness (QED) is 0.451. The molecule has 2 fully saturated rings. The van der Waals surface area contributed by atoms with Crippen LogP contribution in [-0.4, -0.2) is 90.2 Å². The zero-order valence-electron chi connectivity index (χ0n) is 22.7. The van der Waals surface area contributed by atoms with Crippen LogP contribution in [0, 0.1) is 0 Å². The summed E-state index contributed by atoms with van der Waals surface area (Å²) in [6, 6.07) is 5.37. The number of hydrogen-bond donors (Lipinski definition) is 1. The van der Waals surface area contributed by atoms with Gasteiger partial charge in [0, 0.05) is 57.5 Å². The molecule has 0 unspecified atom stereocenters. The molecule has 1 N–H and O–H groups in total. The minimum atomic E-state index is -3.79. The minimum Gasteiger partial charge on any atom is -0.383 e. The Balaban J connectivity index is 1.76. The van der Waals surface area contributed by atoms with Gasteiger partial charge in [-0.25, -0.2) is 13.1 Å². The fraction of sp³-hybridized carbons (Fsp3) is 0.769. The number of halogens is 1. The normalized spacial score (nSPS) is 21.3. The average Bonchev–Trinajstić information content (AvgIpc) is 2.77. The minimum absolute atomic E-state index is 0.221. The Kier molecular flexibility index (Phi) is 10.1. The molecule has 2 aliphatic heterocycles. The number of anilines is 1. The maximum absolute atomic E-state index is 13.7. The van der Waals surface area contributed by atoms with E-state index in [9.17, 15) is 8.42 Å². The highest BCUT2D eigenvalue weighted by Crippen LogP contribution is 2.37. The molecule has 0 radical (unpaired) electrons. The highest BCUT2D eigenvalue weighted by molar-refractivity contribution is 7.89. The summed E-state index contributed by atoms with van der Waals surface area (Å²) in [5, 5.41) is 0.409. The van der Waals surface area contributed by atoms with Gasteiger partial charge >= 0.3 is 0 Å². The van der Waals surface area contributed by atoms with Crippen molar-refractivity contribution < 1.29 is 22.6 Å². The maximum Gasteiger partial charge on any atom is 0.242 e. The summed E-state index contributed by atoms with van der Waals surface area (Å²) in [4.78, 5) is 4.83. The Hall–Kier alpha value is -0.940. The van der Waals surface area contributed by atoms with E-state index >= 15 is 0 Å². The van der Waals surface area contributed by atoms with Gasteiger partial charge in [0.1, 0.15) is 4.90 Å². The van der Waals surface area contributed by atoms with Gasteiger partial charge in [-0.3, -0.25) is 4.90 Å². The van der Waals surface area contributed by atoms with E-state index in [-0.39, 0.29) is 10.9 Å². The molecule has 2 heterocycles. The molecule has 8 nitrogen and oxygen atoms in total. The highest BCUT2D eigenvalue weighted by Gasteiger charge is 2.41. The molecule has 0 aliphatic carbocycles. The molecule has 1 aromatic carbocycles. The number of ether oxygens (including phenoxy) is 3. The third-order valence-corrected chi connectivity index (χ3v) is 8.83.